The summed E-state index contributed by atoms with van der Waals surface area (Å²) in [6.07, 6.45) is 0.781. The monoisotopic (exact) mass is 305 g/mol. The lowest BCUT2D eigenvalue weighted by Gasteiger charge is -2.22. The van der Waals surface area contributed by atoms with Crippen LogP contribution < -0.4 is 5.32 Å². The van der Waals surface area contributed by atoms with E-state index in [0.717, 1.165) is 12.0 Å². The van der Waals surface area contributed by atoms with Crippen molar-refractivity contribution >= 4 is 11.9 Å². The molecule has 4 nitrogen and oxygen atoms in total. The highest BCUT2D eigenvalue weighted by Crippen LogP contribution is 2.22. The minimum absolute atomic E-state index is 0.0187. The molecule has 0 unspecified atom stereocenters. The molecule has 0 aliphatic rings. The van der Waals surface area contributed by atoms with Gasteiger partial charge in [0, 0.05) is 5.56 Å². The molecule has 1 rings (SSSR count). The predicted molar refractivity (Wildman–Crippen MR) is 87.9 cm³/mol. The van der Waals surface area contributed by atoms with E-state index in [-0.39, 0.29) is 17.2 Å². The van der Waals surface area contributed by atoms with Crippen molar-refractivity contribution in [2.24, 2.45) is 5.92 Å². The van der Waals surface area contributed by atoms with Crippen LogP contribution in [0.2, 0.25) is 0 Å². The van der Waals surface area contributed by atoms with Gasteiger partial charge >= 0.3 is 5.97 Å². The number of hydrogen-bond acceptors (Lipinski definition) is 3. The molecular formula is C18H27NO3. The van der Waals surface area contributed by atoms with Gasteiger partial charge in [-0.15, -0.1) is 0 Å². The molecule has 0 saturated carbocycles. The van der Waals surface area contributed by atoms with Gasteiger partial charge in [0.05, 0.1) is 7.11 Å². The fourth-order valence-corrected chi connectivity index (χ4v) is 2.14. The van der Waals surface area contributed by atoms with E-state index in [2.05, 4.69) is 26.1 Å². The first-order valence-corrected chi connectivity index (χ1v) is 7.70. The van der Waals surface area contributed by atoms with Gasteiger partial charge in [-0.05, 0) is 29.0 Å². The Morgan fingerprint density at radius 2 is 1.73 bits per heavy atom. The largest absolute Gasteiger partial charge is 0.467 e. The van der Waals surface area contributed by atoms with Crippen LogP contribution in [-0.4, -0.2) is 25.0 Å². The molecule has 0 heterocycles. The van der Waals surface area contributed by atoms with Crippen molar-refractivity contribution in [2.75, 3.05) is 7.11 Å². The van der Waals surface area contributed by atoms with Crippen LogP contribution in [0.25, 0.3) is 0 Å². The number of amides is 1. The second-order valence-corrected chi connectivity index (χ2v) is 6.69. The average Bonchev–Trinajstić information content (AvgIpc) is 2.50. The number of esters is 1. The van der Waals surface area contributed by atoms with Crippen LogP contribution in [0.4, 0.5) is 0 Å². The lowest BCUT2D eigenvalue weighted by molar-refractivity contribution is -0.144. The minimum atomic E-state index is -0.621. The van der Waals surface area contributed by atoms with Crippen molar-refractivity contribution in [2.45, 2.75) is 52.5 Å². The first kappa shape index (κ1) is 18.2. The molecule has 0 aliphatic heterocycles. The van der Waals surface area contributed by atoms with E-state index in [1.807, 2.05) is 26.0 Å². The van der Waals surface area contributed by atoms with E-state index in [4.69, 9.17) is 4.74 Å². The predicted octanol–water partition coefficient (Wildman–Crippen LogP) is 3.30. The maximum atomic E-state index is 12.3. The SMILES string of the molecule is CC[C@H](C)[C@H](NC(=O)c1ccc(C(C)(C)C)cc1)C(=O)OC. The Bertz CT molecular complexity index is 514. The molecule has 2 atom stereocenters. The fourth-order valence-electron chi connectivity index (χ4n) is 2.14. The molecule has 1 aromatic carbocycles. The van der Waals surface area contributed by atoms with Crippen LogP contribution >= 0.6 is 0 Å². The van der Waals surface area contributed by atoms with Crippen molar-refractivity contribution in [1.82, 2.24) is 5.32 Å². The normalized spacial score (nSPS) is 14.1. The standard InChI is InChI=1S/C18H27NO3/c1-7-12(2)15(17(21)22-6)19-16(20)13-8-10-14(11-9-13)18(3,4)5/h8-12,15H,7H2,1-6H3,(H,19,20)/t12-,15-/m0/s1. The smallest absolute Gasteiger partial charge is 0.328 e. The van der Waals surface area contributed by atoms with Crippen LogP contribution in [0.3, 0.4) is 0 Å². The molecule has 0 aliphatic carbocycles. The summed E-state index contributed by atoms with van der Waals surface area (Å²) in [6.45, 7) is 10.3. The Labute approximate surface area is 133 Å². The van der Waals surface area contributed by atoms with E-state index >= 15 is 0 Å². The van der Waals surface area contributed by atoms with E-state index in [1.54, 1.807) is 12.1 Å². The number of carbonyl (C=O) groups is 2. The van der Waals surface area contributed by atoms with Crippen LogP contribution in [0.15, 0.2) is 24.3 Å². The van der Waals surface area contributed by atoms with E-state index < -0.39 is 12.0 Å². The lowest BCUT2D eigenvalue weighted by atomic mass is 9.86. The summed E-state index contributed by atoms with van der Waals surface area (Å²) in [5.41, 5.74) is 1.75. The molecule has 1 aromatic rings. The number of ether oxygens (including phenoxy) is 1. The number of methoxy groups -OCH3 is 1. The third-order valence-electron chi connectivity index (χ3n) is 3.97. The highest BCUT2D eigenvalue weighted by molar-refractivity contribution is 5.96. The Morgan fingerprint density at radius 1 is 1.18 bits per heavy atom. The molecule has 1 N–H and O–H groups in total. The lowest BCUT2D eigenvalue weighted by Crippen LogP contribution is -2.45. The summed E-state index contributed by atoms with van der Waals surface area (Å²) in [5.74, 6) is -0.643. The van der Waals surface area contributed by atoms with Crippen molar-refractivity contribution in [1.29, 1.82) is 0 Å². The van der Waals surface area contributed by atoms with E-state index in [0.29, 0.717) is 5.56 Å². The average molecular weight is 305 g/mol. The summed E-state index contributed by atoms with van der Waals surface area (Å²) in [5, 5.41) is 2.78. The number of nitrogens with one attached hydrogen (secondary N) is 1. The van der Waals surface area contributed by atoms with Gasteiger partial charge < -0.3 is 10.1 Å². The molecule has 0 radical (unpaired) electrons. The Kier molecular flexibility index (Phi) is 6.15. The van der Waals surface area contributed by atoms with Gasteiger partial charge in [0.15, 0.2) is 0 Å². The van der Waals surface area contributed by atoms with Crippen molar-refractivity contribution in [3.05, 3.63) is 35.4 Å². The van der Waals surface area contributed by atoms with Gasteiger partial charge in [0.25, 0.3) is 5.91 Å². The zero-order valence-corrected chi connectivity index (χ0v) is 14.4. The maximum absolute atomic E-state index is 12.3. The van der Waals surface area contributed by atoms with E-state index in [9.17, 15) is 9.59 Å². The highest BCUT2D eigenvalue weighted by Gasteiger charge is 2.27. The quantitative estimate of drug-likeness (QED) is 0.849. The molecule has 0 saturated heterocycles. The zero-order chi connectivity index (χ0) is 16.9. The molecule has 122 valence electrons. The van der Waals surface area contributed by atoms with Gasteiger partial charge in [-0.2, -0.15) is 0 Å². The van der Waals surface area contributed by atoms with Crippen LogP contribution in [0.5, 0.6) is 0 Å². The van der Waals surface area contributed by atoms with Gasteiger partial charge in [-0.1, -0.05) is 53.2 Å². The second-order valence-electron chi connectivity index (χ2n) is 6.69. The van der Waals surface area contributed by atoms with Crippen LogP contribution in [-0.2, 0) is 14.9 Å². The van der Waals surface area contributed by atoms with Gasteiger partial charge in [-0.25, -0.2) is 4.79 Å². The van der Waals surface area contributed by atoms with Gasteiger partial charge in [0.1, 0.15) is 6.04 Å². The first-order valence-electron chi connectivity index (χ1n) is 7.70. The Hall–Kier alpha value is -1.84. The molecule has 4 heteroatoms. The summed E-state index contributed by atoms with van der Waals surface area (Å²) in [7, 11) is 1.34. The number of rotatable bonds is 5. The second kappa shape index (κ2) is 7.43. The highest BCUT2D eigenvalue weighted by atomic mass is 16.5. The molecule has 0 aromatic heterocycles. The van der Waals surface area contributed by atoms with E-state index in [1.165, 1.54) is 7.11 Å². The van der Waals surface area contributed by atoms with Gasteiger partial charge in [-0.3, -0.25) is 4.79 Å². The van der Waals surface area contributed by atoms with Crippen LogP contribution in [0.1, 0.15) is 57.0 Å². The van der Waals surface area contributed by atoms with Crippen LogP contribution in [0, 0.1) is 5.92 Å². The molecular weight excluding hydrogens is 278 g/mol. The summed E-state index contributed by atoms with van der Waals surface area (Å²) < 4.78 is 4.78. The fraction of sp³-hybridized carbons (Fsp3) is 0.556. The topological polar surface area (TPSA) is 55.4 Å². The molecule has 22 heavy (non-hydrogen) atoms. The van der Waals surface area contributed by atoms with Crippen molar-refractivity contribution in [3.63, 3.8) is 0 Å². The minimum Gasteiger partial charge on any atom is -0.467 e. The summed E-state index contributed by atoms with van der Waals surface area (Å²) in [6, 6.07) is 6.86. The molecule has 0 bridgehead atoms. The zero-order valence-electron chi connectivity index (χ0n) is 14.4. The Morgan fingerprint density at radius 3 is 2.14 bits per heavy atom. The summed E-state index contributed by atoms with van der Waals surface area (Å²) >= 11 is 0. The molecule has 1 amide bonds. The number of benzene rings is 1. The van der Waals surface area contributed by atoms with Crippen molar-refractivity contribution in [3.8, 4) is 0 Å². The third-order valence-corrected chi connectivity index (χ3v) is 3.97. The maximum Gasteiger partial charge on any atom is 0.328 e. The van der Waals surface area contributed by atoms with Crippen molar-refractivity contribution < 1.29 is 14.3 Å². The number of hydrogen-bond donors (Lipinski definition) is 1. The third kappa shape index (κ3) is 4.58. The first-order chi connectivity index (χ1) is 10.2. The molecule has 0 spiro atoms. The summed E-state index contributed by atoms with van der Waals surface area (Å²) in [4.78, 5) is 24.2. The molecule has 0 fully saturated rings. The van der Waals surface area contributed by atoms with Gasteiger partial charge in [0.2, 0.25) is 0 Å². The Balaban J connectivity index is 2.88. The number of carbonyl (C=O) groups excluding carboxylic acids is 2.